The molecule has 0 saturated carbocycles. The van der Waals surface area contributed by atoms with E-state index in [1.807, 2.05) is 56.3 Å². The van der Waals surface area contributed by atoms with E-state index in [1.165, 1.54) is 16.1 Å². The zero-order chi connectivity index (χ0) is 24.0. The van der Waals surface area contributed by atoms with Crippen molar-refractivity contribution in [3.8, 4) is 0 Å². The summed E-state index contributed by atoms with van der Waals surface area (Å²) in [4.78, 5) is 12.7. The third kappa shape index (κ3) is 6.68. The second-order valence-electron chi connectivity index (χ2n) is 8.51. The Bertz CT molecular complexity index is 1200. The first-order valence-corrected chi connectivity index (χ1v) is 13.1. The van der Waals surface area contributed by atoms with E-state index in [1.54, 1.807) is 24.3 Å². The Morgan fingerprint density at radius 3 is 2.15 bits per heavy atom. The van der Waals surface area contributed by atoms with Gasteiger partial charge in [-0.1, -0.05) is 49.7 Å². The SMILES string of the molecule is CCCCc1ccc(NC(=O)c2ccc(CN(c3cc(C)ccc3C)S(C)(=O)=O)cc2)cc1. The second kappa shape index (κ2) is 10.7. The van der Waals surface area contributed by atoms with Gasteiger partial charge in [-0.2, -0.15) is 0 Å². The van der Waals surface area contributed by atoms with E-state index < -0.39 is 10.0 Å². The van der Waals surface area contributed by atoms with Crippen LogP contribution in [0.1, 0.15) is 52.4 Å². The van der Waals surface area contributed by atoms with Gasteiger partial charge in [-0.3, -0.25) is 9.10 Å². The normalized spacial score (nSPS) is 11.3. The number of anilines is 2. The fourth-order valence-electron chi connectivity index (χ4n) is 3.64. The van der Waals surface area contributed by atoms with E-state index in [4.69, 9.17) is 0 Å². The molecule has 3 aromatic rings. The summed E-state index contributed by atoms with van der Waals surface area (Å²) >= 11 is 0. The minimum atomic E-state index is -3.48. The number of benzene rings is 3. The molecule has 0 radical (unpaired) electrons. The molecule has 174 valence electrons. The Hall–Kier alpha value is -3.12. The zero-order valence-corrected chi connectivity index (χ0v) is 20.6. The van der Waals surface area contributed by atoms with Crippen LogP contribution in [-0.4, -0.2) is 20.6 Å². The number of carbonyl (C=O) groups is 1. The number of nitrogens with one attached hydrogen (secondary N) is 1. The Labute approximate surface area is 197 Å². The van der Waals surface area contributed by atoms with E-state index in [-0.39, 0.29) is 12.5 Å². The Morgan fingerprint density at radius 2 is 1.55 bits per heavy atom. The summed E-state index contributed by atoms with van der Waals surface area (Å²) in [6.07, 6.45) is 4.56. The summed E-state index contributed by atoms with van der Waals surface area (Å²) in [6, 6.07) is 20.7. The lowest BCUT2D eigenvalue weighted by Crippen LogP contribution is -2.30. The molecular formula is C27H32N2O3S. The molecule has 0 unspecified atom stereocenters. The number of nitrogens with zero attached hydrogens (tertiary/aromatic N) is 1. The van der Waals surface area contributed by atoms with Crippen molar-refractivity contribution < 1.29 is 13.2 Å². The first kappa shape index (κ1) is 24.5. The third-order valence-corrected chi connectivity index (χ3v) is 6.73. The minimum absolute atomic E-state index is 0.197. The van der Waals surface area contributed by atoms with E-state index in [0.29, 0.717) is 11.3 Å². The summed E-state index contributed by atoms with van der Waals surface area (Å²) in [5.41, 5.74) is 5.89. The van der Waals surface area contributed by atoms with Gasteiger partial charge in [-0.15, -0.1) is 0 Å². The topological polar surface area (TPSA) is 66.5 Å². The molecule has 0 atom stereocenters. The van der Waals surface area contributed by atoms with Gasteiger partial charge in [0, 0.05) is 11.3 Å². The van der Waals surface area contributed by atoms with E-state index in [2.05, 4.69) is 12.2 Å². The first-order valence-electron chi connectivity index (χ1n) is 11.2. The summed E-state index contributed by atoms with van der Waals surface area (Å²) in [5.74, 6) is -0.197. The van der Waals surface area contributed by atoms with Gasteiger partial charge in [0.1, 0.15) is 0 Å². The number of amides is 1. The lowest BCUT2D eigenvalue weighted by atomic mass is 10.1. The lowest BCUT2D eigenvalue weighted by Gasteiger charge is -2.25. The van der Waals surface area contributed by atoms with Crippen LogP contribution in [0.3, 0.4) is 0 Å². The van der Waals surface area contributed by atoms with Crippen LogP contribution in [0.2, 0.25) is 0 Å². The highest BCUT2D eigenvalue weighted by Crippen LogP contribution is 2.26. The van der Waals surface area contributed by atoms with Crippen LogP contribution in [0.5, 0.6) is 0 Å². The molecule has 3 rings (SSSR count). The smallest absolute Gasteiger partial charge is 0.255 e. The highest BCUT2D eigenvalue weighted by molar-refractivity contribution is 7.92. The molecule has 3 aromatic carbocycles. The average Bonchev–Trinajstić information content (AvgIpc) is 2.78. The molecule has 0 aliphatic carbocycles. The van der Waals surface area contributed by atoms with Crippen molar-refractivity contribution in [1.82, 2.24) is 0 Å². The van der Waals surface area contributed by atoms with Gasteiger partial charge in [-0.05, 0) is 79.3 Å². The maximum absolute atomic E-state index is 12.7. The second-order valence-corrected chi connectivity index (χ2v) is 10.4. The molecule has 1 N–H and O–H groups in total. The zero-order valence-electron chi connectivity index (χ0n) is 19.8. The van der Waals surface area contributed by atoms with Crippen molar-refractivity contribution in [2.75, 3.05) is 15.9 Å². The summed E-state index contributed by atoms with van der Waals surface area (Å²) in [7, 11) is -3.48. The standard InChI is InChI=1S/C27H32N2O3S/c1-5-6-7-22-12-16-25(17-13-22)28-27(30)24-14-10-23(11-15-24)19-29(33(4,31)32)26-18-20(2)8-9-21(26)3/h8-18H,5-7,19H2,1-4H3,(H,28,30). The highest BCUT2D eigenvalue weighted by Gasteiger charge is 2.20. The van der Waals surface area contributed by atoms with Crippen LogP contribution < -0.4 is 9.62 Å². The molecule has 1 amide bonds. The van der Waals surface area contributed by atoms with Gasteiger partial charge >= 0.3 is 0 Å². The molecule has 6 heteroatoms. The van der Waals surface area contributed by atoms with Gasteiger partial charge in [0.15, 0.2) is 0 Å². The Kier molecular flexibility index (Phi) is 7.92. The molecule has 0 heterocycles. The van der Waals surface area contributed by atoms with Crippen molar-refractivity contribution in [2.45, 2.75) is 46.6 Å². The molecule has 0 saturated heterocycles. The molecular weight excluding hydrogens is 432 g/mol. The molecule has 0 aliphatic heterocycles. The van der Waals surface area contributed by atoms with Crippen molar-refractivity contribution in [3.05, 3.63) is 94.5 Å². The van der Waals surface area contributed by atoms with Crippen LogP contribution >= 0.6 is 0 Å². The predicted octanol–water partition coefficient (Wildman–Crippen LogP) is 5.86. The van der Waals surface area contributed by atoms with Crippen molar-refractivity contribution in [3.63, 3.8) is 0 Å². The molecule has 33 heavy (non-hydrogen) atoms. The fourth-order valence-corrected chi connectivity index (χ4v) is 4.57. The van der Waals surface area contributed by atoms with Crippen LogP contribution in [0, 0.1) is 13.8 Å². The van der Waals surface area contributed by atoms with Crippen molar-refractivity contribution in [1.29, 1.82) is 0 Å². The van der Waals surface area contributed by atoms with Crippen molar-refractivity contribution in [2.24, 2.45) is 0 Å². The summed E-state index contributed by atoms with van der Waals surface area (Å²) < 4.78 is 26.5. The van der Waals surface area contributed by atoms with Gasteiger partial charge < -0.3 is 5.32 Å². The molecule has 0 spiro atoms. The third-order valence-electron chi connectivity index (χ3n) is 5.61. The maximum atomic E-state index is 12.7. The number of hydrogen-bond acceptors (Lipinski definition) is 3. The summed E-state index contributed by atoms with van der Waals surface area (Å²) in [5, 5.41) is 2.92. The van der Waals surface area contributed by atoms with Crippen LogP contribution in [0.4, 0.5) is 11.4 Å². The quantitative estimate of drug-likeness (QED) is 0.431. The Balaban J connectivity index is 1.72. The van der Waals surface area contributed by atoms with E-state index >= 15 is 0 Å². The first-order chi connectivity index (χ1) is 15.7. The molecule has 5 nitrogen and oxygen atoms in total. The molecule has 0 aliphatic rings. The number of carbonyl (C=O) groups excluding carboxylic acids is 1. The number of rotatable bonds is 9. The monoisotopic (exact) mass is 464 g/mol. The summed E-state index contributed by atoms with van der Waals surface area (Å²) in [6.45, 7) is 6.21. The number of hydrogen-bond donors (Lipinski definition) is 1. The fraction of sp³-hybridized carbons (Fsp3) is 0.296. The van der Waals surface area contributed by atoms with Crippen LogP contribution in [0.15, 0.2) is 66.7 Å². The largest absolute Gasteiger partial charge is 0.322 e. The molecule has 0 aromatic heterocycles. The van der Waals surface area contributed by atoms with Crippen LogP contribution in [-0.2, 0) is 23.0 Å². The number of aryl methyl sites for hydroxylation is 3. The van der Waals surface area contributed by atoms with Gasteiger partial charge in [0.05, 0.1) is 18.5 Å². The van der Waals surface area contributed by atoms with Crippen LogP contribution in [0.25, 0.3) is 0 Å². The molecule has 0 bridgehead atoms. The lowest BCUT2D eigenvalue weighted by molar-refractivity contribution is 0.102. The number of sulfonamides is 1. The Morgan fingerprint density at radius 1 is 0.909 bits per heavy atom. The van der Waals surface area contributed by atoms with Crippen molar-refractivity contribution >= 4 is 27.3 Å². The van der Waals surface area contributed by atoms with E-state index in [9.17, 15) is 13.2 Å². The van der Waals surface area contributed by atoms with Gasteiger partial charge in [0.25, 0.3) is 5.91 Å². The minimum Gasteiger partial charge on any atom is -0.322 e. The molecule has 0 fully saturated rings. The highest BCUT2D eigenvalue weighted by atomic mass is 32.2. The van der Waals surface area contributed by atoms with Gasteiger partial charge in [-0.25, -0.2) is 8.42 Å². The predicted molar refractivity (Wildman–Crippen MR) is 136 cm³/mol. The average molecular weight is 465 g/mol. The van der Waals surface area contributed by atoms with Gasteiger partial charge in [0.2, 0.25) is 10.0 Å². The van der Waals surface area contributed by atoms with E-state index in [0.717, 1.165) is 41.6 Å². The maximum Gasteiger partial charge on any atom is 0.255 e. The number of unbranched alkanes of at least 4 members (excludes halogenated alkanes) is 1.